The van der Waals surface area contributed by atoms with Crippen LogP contribution in [-0.4, -0.2) is 33.0 Å². The molecule has 2 aromatic rings. The Morgan fingerprint density at radius 1 is 1.32 bits per heavy atom. The molecule has 0 saturated heterocycles. The molecule has 0 saturated carbocycles. The maximum absolute atomic E-state index is 11.4. The Kier molecular flexibility index (Phi) is 3.64. The molecule has 19 heavy (non-hydrogen) atoms. The van der Waals surface area contributed by atoms with E-state index >= 15 is 0 Å². The average molecular weight is 304 g/mol. The van der Waals surface area contributed by atoms with E-state index in [1.165, 1.54) is 4.57 Å². The van der Waals surface area contributed by atoms with E-state index in [1.54, 1.807) is 18.7 Å². The fourth-order valence-corrected chi connectivity index (χ4v) is 2.81. The van der Waals surface area contributed by atoms with Gasteiger partial charge in [0.15, 0.2) is 5.82 Å². The lowest BCUT2D eigenvalue weighted by atomic mass is 10.3. The van der Waals surface area contributed by atoms with Crippen LogP contribution in [0, 0.1) is 0 Å². The van der Waals surface area contributed by atoms with Crippen molar-refractivity contribution in [2.24, 2.45) is 7.05 Å². The molecule has 0 N–H and O–H groups in total. The van der Waals surface area contributed by atoms with Crippen LogP contribution in [0.1, 0.15) is 19.5 Å². The fourth-order valence-electron chi connectivity index (χ4n) is 1.85. The van der Waals surface area contributed by atoms with Crippen LogP contribution in [0.5, 0.6) is 0 Å². The smallest absolute Gasteiger partial charge is 0.296 e. The lowest BCUT2D eigenvalue weighted by Gasteiger charge is -2.05. The topological polar surface area (TPSA) is 82.7 Å². The molecule has 0 aliphatic rings. The van der Waals surface area contributed by atoms with Crippen LogP contribution in [0.4, 0.5) is 0 Å². The molecule has 2 heterocycles. The molecule has 0 aliphatic heterocycles. The van der Waals surface area contributed by atoms with E-state index in [-0.39, 0.29) is 5.16 Å². The SMILES string of the molecule is CCc1cc(-c2nnc(S(=O)(=O)Cl)n2CC)n(C)n1. The second-order valence-electron chi connectivity index (χ2n) is 3.99. The lowest BCUT2D eigenvalue weighted by Crippen LogP contribution is -2.07. The molecule has 9 heteroatoms. The van der Waals surface area contributed by atoms with Crippen LogP contribution in [0.25, 0.3) is 11.5 Å². The zero-order valence-electron chi connectivity index (χ0n) is 10.8. The third-order valence-corrected chi connectivity index (χ3v) is 3.93. The summed E-state index contributed by atoms with van der Waals surface area (Å²) in [5.41, 5.74) is 1.61. The largest absolute Gasteiger partial charge is 0.296 e. The number of hydrogen-bond acceptors (Lipinski definition) is 5. The summed E-state index contributed by atoms with van der Waals surface area (Å²) in [5.74, 6) is 0.441. The summed E-state index contributed by atoms with van der Waals surface area (Å²) in [5, 5.41) is 11.6. The Bertz CT molecular complexity index is 704. The summed E-state index contributed by atoms with van der Waals surface area (Å²) < 4.78 is 26.0. The van der Waals surface area contributed by atoms with Gasteiger partial charge in [0, 0.05) is 24.3 Å². The average Bonchev–Trinajstić information content (AvgIpc) is 2.90. The maximum atomic E-state index is 11.4. The number of halogens is 1. The number of nitrogens with zero attached hydrogens (tertiary/aromatic N) is 5. The Morgan fingerprint density at radius 3 is 2.47 bits per heavy atom. The maximum Gasteiger partial charge on any atom is 0.296 e. The van der Waals surface area contributed by atoms with Gasteiger partial charge in [-0.3, -0.25) is 9.25 Å². The predicted octanol–water partition coefficient (Wildman–Crippen LogP) is 1.19. The molecule has 0 atom stereocenters. The van der Waals surface area contributed by atoms with E-state index in [4.69, 9.17) is 10.7 Å². The molecule has 2 aromatic heterocycles. The molecule has 0 aromatic carbocycles. The van der Waals surface area contributed by atoms with Gasteiger partial charge in [-0.1, -0.05) is 6.92 Å². The van der Waals surface area contributed by atoms with Gasteiger partial charge in [-0.25, -0.2) is 8.42 Å². The van der Waals surface area contributed by atoms with Crippen molar-refractivity contribution in [3.63, 3.8) is 0 Å². The number of rotatable bonds is 4. The first-order valence-corrected chi connectivity index (χ1v) is 8.10. The van der Waals surface area contributed by atoms with E-state index in [2.05, 4.69) is 15.3 Å². The highest BCUT2D eigenvalue weighted by Gasteiger charge is 2.24. The van der Waals surface area contributed by atoms with Gasteiger partial charge < -0.3 is 0 Å². The van der Waals surface area contributed by atoms with Crippen LogP contribution in [0.15, 0.2) is 11.2 Å². The van der Waals surface area contributed by atoms with E-state index < -0.39 is 9.05 Å². The van der Waals surface area contributed by atoms with Crippen LogP contribution >= 0.6 is 10.7 Å². The second kappa shape index (κ2) is 4.93. The van der Waals surface area contributed by atoms with Crippen molar-refractivity contribution in [3.05, 3.63) is 11.8 Å². The minimum atomic E-state index is -3.91. The van der Waals surface area contributed by atoms with Crippen molar-refractivity contribution in [1.29, 1.82) is 0 Å². The molecule has 0 amide bonds. The molecular weight excluding hydrogens is 290 g/mol. The van der Waals surface area contributed by atoms with E-state index in [0.717, 1.165) is 12.1 Å². The Morgan fingerprint density at radius 2 is 2.00 bits per heavy atom. The van der Waals surface area contributed by atoms with Crippen molar-refractivity contribution in [2.75, 3.05) is 0 Å². The molecule has 0 aliphatic carbocycles. The van der Waals surface area contributed by atoms with E-state index in [9.17, 15) is 8.42 Å². The molecule has 0 unspecified atom stereocenters. The zero-order chi connectivity index (χ0) is 14.2. The van der Waals surface area contributed by atoms with Crippen LogP contribution in [0.3, 0.4) is 0 Å². The second-order valence-corrected chi connectivity index (χ2v) is 6.45. The van der Waals surface area contributed by atoms with Crippen LogP contribution in [0.2, 0.25) is 0 Å². The Balaban J connectivity index is 2.63. The van der Waals surface area contributed by atoms with Gasteiger partial charge >= 0.3 is 0 Å². The summed E-state index contributed by atoms with van der Waals surface area (Å²) in [6, 6.07) is 1.86. The molecule has 104 valence electrons. The van der Waals surface area contributed by atoms with Gasteiger partial charge in [-0.05, 0) is 19.4 Å². The summed E-state index contributed by atoms with van der Waals surface area (Å²) in [6.45, 7) is 4.19. The lowest BCUT2D eigenvalue weighted by molar-refractivity contribution is 0.582. The minimum absolute atomic E-state index is 0.245. The van der Waals surface area contributed by atoms with Gasteiger partial charge in [0.1, 0.15) is 5.69 Å². The molecule has 0 spiro atoms. The van der Waals surface area contributed by atoms with Crippen LogP contribution in [-0.2, 0) is 29.1 Å². The van der Waals surface area contributed by atoms with E-state index in [1.807, 2.05) is 13.0 Å². The molecule has 2 rings (SSSR count). The highest BCUT2D eigenvalue weighted by molar-refractivity contribution is 8.13. The van der Waals surface area contributed by atoms with Gasteiger partial charge in [-0.15, -0.1) is 10.2 Å². The first-order valence-electron chi connectivity index (χ1n) is 5.79. The quantitative estimate of drug-likeness (QED) is 0.792. The standard InChI is InChI=1S/C10H14ClN5O2S/c1-4-7-6-8(15(3)14-7)9-12-13-10(16(9)5-2)19(11,17)18/h6H,4-5H2,1-3H3. The Labute approximate surface area is 115 Å². The number of aryl methyl sites for hydroxylation is 2. The first kappa shape index (κ1) is 14.0. The number of aromatic nitrogens is 5. The van der Waals surface area contributed by atoms with Gasteiger partial charge in [0.2, 0.25) is 0 Å². The van der Waals surface area contributed by atoms with Crippen molar-refractivity contribution in [1.82, 2.24) is 24.5 Å². The third kappa shape index (κ3) is 2.50. The van der Waals surface area contributed by atoms with Gasteiger partial charge in [0.05, 0.1) is 5.69 Å². The fraction of sp³-hybridized carbons (Fsp3) is 0.500. The first-order chi connectivity index (χ1) is 8.88. The summed E-state index contributed by atoms with van der Waals surface area (Å²) in [6.07, 6.45) is 0.786. The van der Waals surface area contributed by atoms with Crippen molar-refractivity contribution in [2.45, 2.75) is 32.0 Å². The Hall–Kier alpha value is -1.41. The van der Waals surface area contributed by atoms with Crippen molar-refractivity contribution >= 4 is 19.7 Å². The van der Waals surface area contributed by atoms with Crippen molar-refractivity contribution in [3.8, 4) is 11.5 Å². The molecule has 0 bridgehead atoms. The molecule has 0 radical (unpaired) electrons. The van der Waals surface area contributed by atoms with Gasteiger partial charge in [0.25, 0.3) is 14.2 Å². The molecule has 0 fully saturated rings. The molecule has 7 nitrogen and oxygen atoms in total. The van der Waals surface area contributed by atoms with Crippen LogP contribution < -0.4 is 0 Å². The summed E-state index contributed by atoms with van der Waals surface area (Å²) in [7, 11) is 3.21. The van der Waals surface area contributed by atoms with Crippen molar-refractivity contribution < 1.29 is 8.42 Å². The molecular formula is C10H14ClN5O2S. The minimum Gasteiger partial charge on any atom is -0.296 e. The summed E-state index contributed by atoms with van der Waals surface area (Å²) in [4.78, 5) is 0. The predicted molar refractivity (Wildman–Crippen MR) is 70.3 cm³/mol. The van der Waals surface area contributed by atoms with E-state index in [0.29, 0.717) is 18.1 Å². The summed E-state index contributed by atoms with van der Waals surface area (Å²) >= 11 is 0. The normalized spacial score (nSPS) is 12.0. The third-order valence-electron chi connectivity index (χ3n) is 2.77. The zero-order valence-corrected chi connectivity index (χ0v) is 12.4. The number of hydrogen-bond donors (Lipinski definition) is 0. The monoisotopic (exact) mass is 303 g/mol. The van der Waals surface area contributed by atoms with Gasteiger partial charge in [-0.2, -0.15) is 5.10 Å². The highest BCUT2D eigenvalue weighted by atomic mass is 35.7. The highest BCUT2D eigenvalue weighted by Crippen LogP contribution is 2.22.